The maximum Gasteiger partial charge on any atom is 0.136 e. The number of hydrogen-bond donors (Lipinski definition) is 2. The van der Waals surface area contributed by atoms with Crippen molar-refractivity contribution in [3.05, 3.63) is 22.2 Å². The van der Waals surface area contributed by atoms with Crippen LogP contribution in [0.2, 0.25) is 0 Å². The van der Waals surface area contributed by atoms with Crippen LogP contribution in [0, 0.1) is 0 Å². The number of ether oxygens (including phenoxy) is 1. The first-order valence-corrected chi connectivity index (χ1v) is 5.78. The predicted molar refractivity (Wildman–Crippen MR) is 62.6 cm³/mol. The number of phenols is 1. The summed E-state index contributed by atoms with van der Waals surface area (Å²) in [7, 11) is 1.59. The van der Waals surface area contributed by atoms with Gasteiger partial charge in [0.15, 0.2) is 0 Å². The third-order valence-electron chi connectivity index (χ3n) is 2.80. The van der Waals surface area contributed by atoms with Crippen LogP contribution in [0.25, 0.3) is 0 Å². The quantitative estimate of drug-likeness (QED) is 0.867. The van der Waals surface area contributed by atoms with Crippen molar-refractivity contribution in [2.75, 3.05) is 20.2 Å². The molecule has 3 nitrogen and oxygen atoms in total. The predicted octanol–water partition coefficient (Wildman–Crippen LogP) is 2.24. The molecule has 1 atom stereocenters. The molecule has 0 radical (unpaired) electrons. The first kappa shape index (κ1) is 10.8. The Labute approximate surface area is 97.6 Å². The SMILES string of the molecule is COc1cc(O)c(C2CCNC2)cc1Br. The van der Waals surface area contributed by atoms with E-state index >= 15 is 0 Å². The topological polar surface area (TPSA) is 41.5 Å². The summed E-state index contributed by atoms with van der Waals surface area (Å²) in [5, 5.41) is 13.2. The van der Waals surface area contributed by atoms with Gasteiger partial charge >= 0.3 is 0 Å². The first-order chi connectivity index (χ1) is 7.22. The van der Waals surface area contributed by atoms with Gasteiger partial charge in [-0.1, -0.05) is 0 Å². The van der Waals surface area contributed by atoms with E-state index in [0.29, 0.717) is 17.4 Å². The fourth-order valence-corrected chi connectivity index (χ4v) is 2.48. The lowest BCUT2D eigenvalue weighted by Crippen LogP contribution is -2.08. The second kappa shape index (κ2) is 4.41. The molecule has 15 heavy (non-hydrogen) atoms. The average Bonchev–Trinajstić information content (AvgIpc) is 2.74. The van der Waals surface area contributed by atoms with Crippen molar-refractivity contribution in [1.82, 2.24) is 5.32 Å². The molecule has 0 aromatic heterocycles. The van der Waals surface area contributed by atoms with E-state index in [2.05, 4.69) is 21.2 Å². The van der Waals surface area contributed by atoms with Gasteiger partial charge in [-0.15, -0.1) is 0 Å². The molecule has 0 bridgehead atoms. The van der Waals surface area contributed by atoms with E-state index < -0.39 is 0 Å². The minimum atomic E-state index is 0.323. The van der Waals surface area contributed by atoms with Crippen LogP contribution in [0.4, 0.5) is 0 Å². The minimum Gasteiger partial charge on any atom is -0.508 e. The molecular formula is C11H14BrNO2. The maximum absolute atomic E-state index is 9.88. The molecule has 0 spiro atoms. The Hall–Kier alpha value is -0.740. The largest absolute Gasteiger partial charge is 0.508 e. The summed E-state index contributed by atoms with van der Waals surface area (Å²) in [5.41, 5.74) is 0.993. The molecule has 2 N–H and O–H groups in total. The van der Waals surface area contributed by atoms with E-state index in [1.54, 1.807) is 13.2 Å². The molecule has 1 aromatic rings. The third-order valence-corrected chi connectivity index (χ3v) is 3.42. The molecule has 4 heteroatoms. The second-order valence-electron chi connectivity index (χ2n) is 3.74. The summed E-state index contributed by atoms with van der Waals surface area (Å²) in [6.45, 7) is 1.96. The van der Waals surface area contributed by atoms with Crippen LogP contribution < -0.4 is 10.1 Å². The standard InChI is InChI=1S/C11H14BrNO2/c1-15-11-5-10(14)8(4-9(11)12)7-2-3-13-6-7/h4-5,7,13-14H,2-3,6H2,1H3. The zero-order chi connectivity index (χ0) is 10.8. The Morgan fingerprint density at radius 2 is 2.33 bits per heavy atom. The van der Waals surface area contributed by atoms with Crippen LogP contribution in [0.3, 0.4) is 0 Å². The summed E-state index contributed by atoms with van der Waals surface area (Å²) < 4.78 is 6.01. The van der Waals surface area contributed by atoms with Crippen LogP contribution >= 0.6 is 15.9 Å². The number of phenolic OH excluding ortho intramolecular Hbond substituents is 1. The molecule has 1 aliphatic rings. The van der Waals surface area contributed by atoms with Crippen LogP contribution in [0.5, 0.6) is 11.5 Å². The van der Waals surface area contributed by atoms with E-state index in [0.717, 1.165) is 29.5 Å². The lowest BCUT2D eigenvalue weighted by molar-refractivity contribution is 0.403. The Morgan fingerprint density at radius 1 is 1.53 bits per heavy atom. The molecule has 1 heterocycles. The first-order valence-electron chi connectivity index (χ1n) is 4.99. The van der Waals surface area contributed by atoms with E-state index in [-0.39, 0.29) is 0 Å². The number of aromatic hydroxyl groups is 1. The van der Waals surface area contributed by atoms with Crippen molar-refractivity contribution in [3.8, 4) is 11.5 Å². The van der Waals surface area contributed by atoms with Crippen molar-refractivity contribution in [3.63, 3.8) is 0 Å². The highest BCUT2D eigenvalue weighted by Gasteiger charge is 2.21. The summed E-state index contributed by atoms with van der Waals surface area (Å²) in [6, 6.07) is 3.61. The number of nitrogens with one attached hydrogen (secondary N) is 1. The summed E-state index contributed by atoms with van der Waals surface area (Å²) in [5.74, 6) is 1.40. The van der Waals surface area contributed by atoms with Crippen molar-refractivity contribution in [2.24, 2.45) is 0 Å². The van der Waals surface area contributed by atoms with Crippen LogP contribution in [0.1, 0.15) is 17.9 Å². The number of benzene rings is 1. The normalized spacial score (nSPS) is 20.5. The number of methoxy groups -OCH3 is 1. The third kappa shape index (κ3) is 2.11. The zero-order valence-corrected chi connectivity index (χ0v) is 10.2. The molecule has 1 unspecified atom stereocenters. The van der Waals surface area contributed by atoms with Gasteiger partial charge in [-0.2, -0.15) is 0 Å². The highest BCUT2D eigenvalue weighted by atomic mass is 79.9. The lowest BCUT2D eigenvalue weighted by atomic mass is 9.97. The van der Waals surface area contributed by atoms with E-state index in [9.17, 15) is 5.11 Å². The molecule has 0 aliphatic carbocycles. The highest BCUT2D eigenvalue weighted by Crippen LogP contribution is 2.37. The molecule has 1 aromatic carbocycles. The smallest absolute Gasteiger partial charge is 0.136 e. The Balaban J connectivity index is 2.35. The number of halogens is 1. The van der Waals surface area contributed by atoms with E-state index in [1.165, 1.54) is 0 Å². The minimum absolute atomic E-state index is 0.323. The average molecular weight is 272 g/mol. The molecule has 1 aliphatic heterocycles. The molecule has 0 amide bonds. The molecule has 1 fully saturated rings. The summed E-state index contributed by atoms with van der Waals surface area (Å²) >= 11 is 3.43. The van der Waals surface area contributed by atoms with Gasteiger partial charge < -0.3 is 15.2 Å². The molecule has 82 valence electrons. The second-order valence-corrected chi connectivity index (χ2v) is 4.59. The van der Waals surface area contributed by atoms with Gasteiger partial charge in [-0.05, 0) is 40.5 Å². The summed E-state index contributed by atoms with van der Waals surface area (Å²) in [4.78, 5) is 0. The monoisotopic (exact) mass is 271 g/mol. The zero-order valence-electron chi connectivity index (χ0n) is 8.59. The van der Waals surface area contributed by atoms with Gasteiger partial charge in [0.1, 0.15) is 11.5 Å². The number of hydrogen-bond acceptors (Lipinski definition) is 3. The fraction of sp³-hybridized carbons (Fsp3) is 0.455. The Morgan fingerprint density at radius 3 is 2.93 bits per heavy atom. The Bertz CT molecular complexity index is 362. The van der Waals surface area contributed by atoms with Crippen molar-refractivity contribution in [2.45, 2.75) is 12.3 Å². The van der Waals surface area contributed by atoms with E-state index in [1.807, 2.05) is 6.07 Å². The number of rotatable bonds is 2. The van der Waals surface area contributed by atoms with Gasteiger partial charge in [0.25, 0.3) is 0 Å². The molecule has 2 rings (SSSR count). The van der Waals surface area contributed by atoms with Crippen molar-refractivity contribution < 1.29 is 9.84 Å². The van der Waals surface area contributed by atoms with Gasteiger partial charge in [0.05, 0.1) is 11.6 Å². The molecule has 0 saturated carbocycles. The van der Waals surface area contributed by atoms with Crippen LogP contribution in [-0.2, 0) is 0 Å². The Kier molecular flexibility index (Phi) is 3.17. The maximum atomic E-state index is 9.88. The highest BCUT2D eigenvalue weighted by molar-refractivity contribution is 9.10. The van der Waals surface area contributed by atoms with Gasteiger partial charge in [-0.25, -0.2) is 0 Å². The lowest BCUT2D eigenvalue weighted by Gasteiger charge is -2.13. The van der Waals surface area contributed by atoms with Crippen molar-refractivity contribution in [1.29, 1.82) is 0 Å². The van der Waals surface area contributed by atoms with E-state index in [4.69, 9.17) is 4.74 Å². The summed E-state index contributed by atoms with van der Waals surface area (Å²) in [6.07, 6.45) is 1.08. The van der Waals surface area contributed by atoms with Gasteiger partial charge in [0, 0.05) is 18.5 Å². The molecule has 1 saturated heterocycles. The van der Waals surface area contributed by atoms with Gasteiger partial charge in [-0.3, -0.25) is 0 Å². The molecular weight excluding hydrogens is 258 g/mol. The fourth-order valence-electron chi connectivity index (χ4n) is 1.96. The van der Waals surface area contributed by atoms with Crippen LogP contribution in [0.15, 0.2) is 16.6 Å². The van der Waals surface area contributed by atoms with Gasteiger partial charge in [0.2, 0.25) is 0 Å². The van der Waals surface area contributed by atoms with Crippen LogP contribution in [-0.4, -0.2) is 25.3 Å². The van der Waals surface area contributed by atoms with Crippen molar-refractivity contribution >= 4 is 15.9 Å².